The number of ketones is 1. The van der Waals surface area contributed by atoms with Gasteiger partial charge in [-0.2, -0.15) is 0 Å². The number of carbonyl (C=O) groups excluding carboxylic acids is 2. The van der Waals surface area contributed by atoms with Gasteiger partial charge in [0.25, 0.3) is 0 Å². The summed E-state index contributed by atoms with van der Waals surface area (Å²) in [5.41, 5.74) is 6.47. The Morgan fingerprint density at radius 2 is 2.04 bits per heavy atom. The molecule has 4 N–H and O–H groups in total. The number of carbonyl (C=O) groups is 3. The van der Waals surface area contributed by atoms with Crippen molar-refractivity contribution in [1.82, 2.24) is 4.98 Å². The number of hydrogen-bond acceptors (Lipinski definition) is 5. The zero-order valence-corrected chi connectivity index (χ0v) is 13.9. The Balaban J connectivity index is 2.22. The predicted molar refractivity (Wildman–Crippen MR) is 92.6 cm³/mol. The van der Waals surface area contributed by atoms with Crippen molar-refractivity contribution in [2.75, 3.05) is 5.32 Å². The van der Waals surface area contributed by atoms with Gasteiger partial charge in [0.15, 0.2) is 5.78 Å². The van der Waals surface area contributed by atoms with Crippen LogP contribution in [0.5, 0.6) is 0 Å². The third kappa shape index (κ3) is 5.10. The molecule has 0 fully saturated rings. The Kier molecular flexibility index (Phi) is 6.21. The van der Waals surface area contributed by atoms with E-state index < -0.39 is 17.9 Å². The van der Waals surface area contributed by atoms with E-state index in [1.54, 1.807) is 18.3 Å². The van der Waals surface area contributed by atoms with E-state index in [2.05, 4.69) is 10.3 Å². The first-order valence-corrected chi connectivity index (χ1v) is 7.79. The van der Waals surface area contributed by atoms with Crippen molar-refractivity contribution in [3.8, 4) is 0 Å². The minimum absolute atomic E-state index is 0.0133. The first-order valence-electron chi connectivity index (χ1n) is 7.41. The SMILES string of the molecule is NC(CCC(=O)O)C(=O)Nc1ccc(Cl)cc1C(=O)c1cccnc1. The van der Waals surface area contributed by atoms with E-state index >= 15 is 0 Å². The fraction of sp³-hybridized carbons (Fsp3) is 0.176. The summed E-state index contributed by atoms with van der Waals surface area (Å²) in [7, 11) is 0. The molecule has 8 heteroatoms. The predicted octanol–water partition coefficient (Wildman–Crippen LogP) is 2.10. The minimum atomic E-state index is -1.04. The van der Waals surface area contributed by atoms with Gasteiger partial charge in [0.1, 0.15) is 0 Å². The normalized spacial score (nSPS) is 11.6. The number of amides is 1. The Labute approximate surface area is 148 Å². The van der Waals surface area contributed by atoms with Crippen molar-refractivity contribution in [3.05, 3.63) is 58.9 Å². The number of anilines is 1. The molecule has 0 aliphatic rings. The van der Waals surface area contributed by atoms with Crippen LogP contribution in [0.1, 0.15) is 28.8 Å². The van der Waals surface area contributed by atoms with E-state index in [0.29, 0.717) is 10.6 Å². The molecule has 25 heavy (non-hydrogen) atoms. The van der Waals surface area contributed by atoms with Crippen LogP contribution in [-0.4, -0.2) is 33.8 Å². The van der Waals surface area contributed by atoms with Gasteiger partial charge in [-0.15, -0.1) is 0 Å². The molecular weight excluding hydrogens is 346 g/mol. The molecule has 1 aromatic heterocycles. The van der Waals surface area contributed by atoms with E-state index in [0.717, 1.165) is 0 Å². The molecule has 2 rings (SSSR count). The zero-order valence-electron chi connectivity index (χ0n) is 13.1. The molecule has 0 saturated heterocycles. The van der Waals surface area contributed by atoms with Gasteiger partial charge in [-0.05, 0) is 36.8 Å². The van der Waals surface area contributed by atoms with Gasteiger partial charge in [0, 0.05) is 35.0 Å². The van der Waals surface area contributed by atoms with Crippen molar-refractivity contribution in [1.29, 1.82) is 0 Å². The van der Waals surface area contributed by atoms with Crippen LogP contribution in [0.15, 0.2) is 42.7 Å². The monoisotopic (exact) mass is 361 g/mol. The van der Waals surface area contributed by atoms with Gasteiger partial charge in [0.2, 0.25) is 5.91 Å². The molecule has 1 heterocycles. The maximum Gasteiger partial charge on any atom is 0.303 e. The molecule has 1 atom stereocenters. The van der Waals surface area contributed by atoms with Gasteiger partial charge in [-0.25, -0.2) is 0 Å². The molecule has 130 valence electrons. The van der Waals surface area contributed by atoms with E-state index in [1.807, 2.05) is 0 Å². The summed E-state index contributed by atoms with van der Waals surface area (Å²) >= 11 is 5.96. The van der Waals surface area contributed by atoms with Gasteiger partial charge in [-0.1, -0.05) is 11.6 Å². The van der Waals surface area contributed by atoms with Crippen LogP contribution in [-0.2, 0) is 9.59 Å². The second kappa shape index (κ2) is 8.36. The molecule has 0 spiro atoms. The van der Waals surface area contributed by atoms with Crippen molar-refractivity contribution in [3.63, 3.8) is 0 Å². The maximum absolute atomic E-state index is 12.6. The maximum atomic E-state index is 12.6. The van der Waals surface area contributed by atoms with Gasteiger partial charge >= 0.3 is 5.97 Å². The number of carboxylic acids is 1. The quantitative estimate of drug-likeness (QED) is 0.649. The highest BCUT2D eigenvalue weighted by Gasteiger charge is 2.19. The Morgan fingerprint density at radius 1 is 1.28 bits per heavy atom. The van der Waals surface area contributed by atoms with Crippen LogP contribution in [0, 0.1) is 0 Å². The second-order valence-corrected chi connectivity index (χ2v) is 5.73. The fourth-order valence-corrected chi connectivity index (χ4v) is 2.27. The lowest BCUT2D eigenvalue weighted by atomic mass is 10.0. The van der Waals surface area contributed by atoms with E-state index in [-0.39, 0.29) is 29.9 Å². The summed E-state index contributed by atoms with van der Waals surface area (Å²) in [6, 6.07) is 6.68. The number of nitrogens with one attached hydrogen (secondary N) is 1. The average Bonchev–Trinajstić information content (AvgIpc) is 2.61. The van der Waals surface area contributed by atoms with Crippen LogP contribution in [0.4, 0.5) is 5.69 Å². The lowest BCUT2D eigenvalue weighted by Gasteiger charge is -2.14. The summed E-state index contributed by atoms with van der Waals surface area (Å²) < 4.78 is 0. The fourth-order valence-electron chi connectivity index (χ4n) is 2.10. The van der Waals surface area contributed by atoms with Crippen LogP contribution >= 0.6 is 11.6 Å². The summed E-state index contributed by atoms with van der Waals surface area (Å²) in [5.74, 6) is -1.98. The molecule has 1 amide bonds. The highest BCUT2D eigenvalue weighted by Crippen LogP contribution is 2.23. The Bertz CT molecular complexity index is 796. The number of hydrogen-bond donors (Lipinski definition) is 3. The van der Waals surface area contributed by atoms with E-state index in [4.69, 9.17) is 22.4 Å². The molecule has 1 unspecified atom stereocenters. The highest BCUT2D eigenvalue weighted by atomic mass is 35.5. The lowest BCUT2D eigenvalue weighted by Crippen LogP contribution is -2.36. The van der Waals surface area contributed by atoms with Crippen LogP contribution in [0.3, 0.4) is 0 Å². The molecule has 2 aromatic rings. The number of carboxylic acid groups (broad SMARTS) is 1. The van der Waals surface area contributed by atoms with Crippen LogP contribution < -0.4 is 11.1 Å². The molecule has 0 aliphatic carbocycles. The smallest absolute Gasteiger partial charge is 0.303 e. The first-order chi connectivity index (χ1) is 11.9. The van der Waals surface area contributed by atoms with Gasteiger partial charge < -0.3 is 16.2 Å². The number of nitrogens with zero attached hydrogens (tertiary/aromatic N) is 1. The molecule has 7 nitrogen and oxygen atoms in total. The number of aromatic nitrogens is 1. The second-order valence-electron chi connectivity index (χ2n) is 5.29. The number of rotatable bonds is 7. The van der Waals surface area contributed by atoms with Crippen LogP contribution in [0.25, 0.3) is 0 Å². The van der Waals surface area contributed by atoms with Crippen LogP contribution in [0.2, 0.25) is 5.02 Å². The lowest BCUT2D eigenvalue weighted by molar-refractivity contribution is -0.137. The van der Waals surface area contributed by atoms with Crippen molar-refractivity contribution >= 4 is 34.9 Å². The largest absolute Gasteiger partial charge is 0.481 e. The summed E-state index contributed by atoms with van der Waals surface area (Å²) in [5, 5.41) is 11.5. The average molecular weight is 362 g/mol. The number of halogens is 1. The molecule has 0 saturated carbocycles. The molecule has 0 aliphatic heterocycles. The molecular formula is C17H16ClN3O4. The molecule has 0 radical (unpaired) electrons. The highest BCUT2D eigenvalue weighted by molar-refractivity contribution is 6.31. The van der Waals surface area contributed by atoms with E-state index in [9.17, 15) is 14.4 Å². The third-order valence-corrected chi connectivity index (χ3v) is 3.65. The van der Waals surface area contributed by atoms with Crippen molar-refractivity contribution < 1.29 is 19.5 Å². The Hall–Kier alpha value is -2.77. The van der Waals surface area contributed by atoms with Crippen molar-refractivity contribution in [2.24, 2.45) is 5.73 Å². The third-order valence-electron chi connectivity index (χ3n) is 3.41. The molecule has 0 bridgehead atoms. The van der Waals surface area contributed by atoms with Gasteiger partial charge in [0.05, 0.1) is 11.7 Å². The topological polar surface area (TPSA) is 122 Å². The number of pyridine rings is 1. The number of nitrogens with two attached hydrogens (primary N) is 1. The molecule has 1 aromatic carbocycles. The van der Waals surface area contributed by atoms with E-state index in [1.165, 1.54) is 24.4 Å². The summed E-state index contributed by atoms with van der Waals surface area (Å²) in [4.78, 5) is 39.2. The van der Waals surface area contributed by atoms with Gasteiger partial charge in [-0.3, -0.25) is 19.4 Å². The number of benzene rings is 1. The van der Waals surface area contributed by atoms with Crippen molar-refractivity contribution in [2.45, 2.75) is 18.9 Å². The first kappa shape index (κ1) is 18.6. The zero-order chi connectivity index (χ0) is 18.4. The Morgan fingerprint density at radius 3 is 2.68 bits per heavy atom. The standard InChI is InChI=1S/C17H16ClN3O4/c18-11-3-5-14(21-17(25)13(19)4-6-15(22)23)12(8-11)16(24)10-2-1-7-20-9-10/h1-3,5,7-9,13H,4,6,19H2,(H,21,25)(H,22,23). The summed E-state index contributed by atoms with van der Waals surface area (Å²) in [6.45, 7) is 0. The minimum Gasteiger partial charge on any atom is -0.481 e. The number of aliphatic carboxylic acids is 1. The summed E-state index contributed by atoms with van der Waals surface area (Å²) in [6.07, 6.45) is 2.71.